The fraction of sp³-hybridized carbons (Fsp3) is 0. The number of fused-ring (bicyclic) bond motifs is 1. The molecule has 0 fully saturated rings. The number of nitrogens with one attached hydrogen (secondary N) is 1. The van der Waals surface area contributed by atoms with Crippen molar-refractivity contribution in [3.05, 3.63) is 54.5 Å². The van der Waals surface area contributed by atoms with E-state index in [9.17, 15) is 4.39 Å². The van der Waals surface area contributed by atoms with E-state index in [1.165, 1.54) is 0 Å². The van der Waals surface area contributed by atoms with Crippen LogP contribution in [-0.4, -0.2) is 9.97 Å². The fourth-order valence-electron chi connectivity index (χ4n) is 1.93. The van der Waals surface area contributed by atoms with Gasteiger partial charge in [0.1, 0.15) is 0 Å². The minimum absolute atomic E-state index is 0.0316. The quantitative estimate of drug-likeness (QED) is 0.737. The summed E-state index contributed by atoms with van der Waals surface area (Å²) in [4.78, 5) is 7.45. The predicted molar refractivity (Wildman–Crippen MR) is 73.6 cm³/mol. The van der Waals surface area contributed by atoms with Crippen LogP contribution in [0.3, 0.4) is 0 Å². The first-order chi connectivity index (χ1) is 9.24. The van der Waals surface area contributed by atoms with E-state index >= 15 is 0 Å². The number of nitrogens with zero attached hydrogens (tertiary/aromatic N) is 2. The Morgan fingerprint density at radius 2 is 1.84 bits per heavy atom. The van der Waals surface area contributed by atoms with E-state index < -0.39 is 5.82 Å². The second-order valence-electron chi connectivity index (χ2n) is 4.08. The lowest BCUT2D eigenvalue weighted by Gasteiger charge is -2.09. The molecule has 1 heterocycles. The van der Waals surface area contributed by atoms with Gasteiger partial charge in [0.05, 0.1) is 6.20 Å². The van der Waals surface area contributed by atoms with Crippen molar-refractivity contribution >= 4 is 28.2 Å². The average molecular weight is 254 g/mol. The molecule has 1 aromatic heterocycles. The Bertz CT molecular complexity index is 737. The van der Waals surface area contributed by atoms with Crippen LogP contribution in [-0.2, 0) is 0 Å². The molecule has 0 aliphatic heterocycles. The molecule has 0 saturated heterocycles. The summed E-state index contributed by atoms with van der Waals surface area (Å²) in [5.41, 5.74) is 6.24. The summed E-state index contributed by atoms with van der Waals surface area (Å²) in [5.74, 6) is -0.435. The van der Waals surface area contributed by atoms with Crippen LogP contribution in [0.25, 0.3) is 10.8 Å². The van der Waals surface area contributed by atoms with E-state index in [1.807, 2.05) is 42.5 Å². The Hall–Kier alpha value is -2.69. The van der Waals surface area contributed by atoms with Gasteiger partial charge in [0.25, 0.3) is 0 Å². The summed E-state index contributed by atoms with van der Waals surface area (Å²) in [5, 5.41) is 5.00. The molecule has 3 rings (SSSR count). The molecule has 19 heavy (non-hydrogen) atoms. The fourth-order valence-corrected chi connectivity index (χ4v) is 1.93. The zero-order chi connectivity index (χ0) is 13.2. The maximum absolute atomic E-state index is 13.6. The average Bonchev–Trinajstić information content (AvgIpc) is 2.43. The molecule has 0 unspecified atom stereocenters. The van der Waals surface area contributed by atoms with Crippen LogP contribution in [0.4, 0.5) is 21.8 Å². The van der Waals surface area contributed by atoms with Gasteiger partial charge in [0, 0.05) is 11.1 Å². The van der Waals surface area contributed by atoms with Gasteiger partial charge in [-0.05, 0) is 11.5 Å². The maximum atomic E-state index is 13.6. The molecule has 0 amide bonds. The highest BCUT2D eigenvalue weighted by Gasteiger charge is 2.07. The maximum Gasteiger partial charge on any atom is 0.222 e. The Labute approximate surface area is 109 Å². The van der Waals surface area contributed by atoms with E-state index in [-0.39, 0.29) is 11.8 Å². The van der Waals surface area contributed by atoms with Crippen LogP contribution in [0.1, 0.15) is 0 Å². The first-order valence-corrected chi connectivity index (χ1v) is 5.77. The molecule has 0 atom stereocenters. The van der Waals surface area contributed by atoms with Gasteiger partial charge in [-0.1, -0.05) is 36.4 Å². The number of halogens is 1. The van der Waals surface area contributed by atoms with Gasteiger partial charge in [-0.25, -0.2) is 9.37 Å². The summed E-state index contributed by atoms with van der Waals surface area (Å²) in [6.45, 7) is 0. The van der Waals surface area contributed by atoms with Crippen molar-refractivity contribution in [1.82, 2.24) is 9.97 Å². The number of benzene rings is 2. The van der Waals surface area contributed by atoms with Crippen molar-refractivity contribution in [2.75, 3.05) is 11.1 Å². The molecule has 0 aliphatic carbocycles. The molecule has 4 nitrogen and oxygen atoms in total. The monoisotopic (exact) mass is 254 g/mol. The van der Waals surface area contributed by atoms with Crippen molar-refractivity contribution in [3.8, 4) is 0 Å². The lowest BCUT2D eigenvalue weighted by Crippen LogP contribution is -2.02. The van der Waals surface area contributed by atoms with Crippen LogP contribution in [0.5, 0.6) is 0 Å². The summed E-state index contributed by atoms with van der Waals surface area (Å²) < 4.78 is 13.6. The third kappa shape index (κ3) is 2.18. The van der Waals surface area contributed by atoms with Gasteiger partial charge >= 0.3 is 0 Å². The van der Waals surface area contributed by atoms with Gasteiger partial charge in [0.2, 0.25) is 5.95 Å². The zero-order valence-electron chi connectivity index (χ0n) is 9.97. The van der Waals surface area contributed by atoms with Crippen LogP contribution in [0.2, 0.25) is 0 Å². The summed E-state index contributed by atoms with van der Waals surface area (Å²) in [6.07, 6.45) is 1.05. The molecule has 0 spiro atoms. The van der Waals surface area contributed by atoms with E-state index in [1.54, 1.807) is 0 Å². The number of hydrogen-bond acceptors (Lipinski definition) is 4. The Morgan fingerprint density at radius 1 is 1.05 bits per heavy atom. The van der Waals surface area contributed by atoms with Crippen molar-refractivity contribution in [3.63, 3.8) is 0 Å². The molecular formula is C14H11FN4. The summed E-state index contributed by atoms with van der Waals surface area (Å²) >= 11 is 0. The molecular weight excluding hydrogens is 243 g/mol. The summed E-state index contributed by atoms with van der Waals surface area (Å²) in [6, 6.07) is 13.6. The second kappa shape index (κ2) is 4.53. The lowest BCUT2D eigenvalue weighted by atomic mass is 10.1. The Balaban J connectivity index is 2.08. The minimum Gasteiger partial charge on any atom is -0.368 e. The normalized spacial score (nSPS) is 10.6. The van der Waals surface area contributed by atoms with E-state index in [0.29, 0.717) is 0 Å². The van der Waals surface area contributed by atoms with Crippen molar-refractivity contribution in [1.29, 1.82) is 0 Å². The van der Waals surface area contributed by atoms with Crippen LogP contribution in [0.15, 0.2) is 48.7 Å². The van der Waals surface area contributed by atoms with Crippen LogP contribution >= 0.6 is 0 Å². The second-order valence-corrected chi connectivity index (χ2v) is 4.08. The third-order valence-corrected chi connectivity index (χ3v) is 2.81. The number of anilines is 3. The zero-order valence-corrected chi connectivity index (χ0v) is 9.97. The molecule has 0 aliphatic rings. The SMILES string of the molecule is Nc1ncc(F)c(Nc2cccc3ccccc23)n1. The van der Waals surface area contributed by atoms with Crippen molar-refractivity contribution in [2.45, 2.75) is 0 Å². The van der Waals surface area contributed by atoms with E-state index in [2.05, 4.69) is 15.3 Å². The van der Waals surface area contributed by atoms with Crippen LogP contribution in [0, 0.1) is 5.82 Å². The molecule has 0 saturated carbocycles. The molecule has 3 N–H and O–H groups in total. The smallest absolute Gasteiger partial charge is 0.222 e. The van der Waals surface area contributed by atoms with Crippen molar-refractivity contribution < 1.29 is 4.39 Å². The standard InChI is InChI=1S/C14H11FN4/c15-11-8-17-14(16)19-13(11)18-12-7-3-5-9-4-1-2-6-10(9)12/h1-8H,(H3,16,17,18,19). The van der Waals surface area contributed by atoms with Crippen molar-refractivity contribution in [2.24, 2.45) is 0 Å². The topological polar surface area (TPSA) is 63.8 Å². The number of aromatic nitrogens is 2. The molecule has 94 valence electrons. The number of hydrogen-bond donors (Lipinski definition) is 2. The highest BCUT2D eigenvalue weighted by atomic mass is 19.1. The first-order valence-electron chi connectivity index (χ1n) is 5.77. The highest BCUT2D eigenvalue weighted by molar-refractivity contribution is 5.95. The molecule has 2 aromatic carbocycles. The molecule has 0 radical (unpaired) electrons. The predicted octanol–water partition coefficient (Wildman–Crippen LogP) is 3.09. The molecule has 5 heteroatoms. The molecule has 3 aromatic rings. The van der Waals surface area contributed by atoms with E-state index in [4.69, 9.17) is 5.73 Å². The molecule has 0 bridgehead atoms. The Morgan fingerprint density at radius 3 is 2.74 bits per heavy atom. The number of nitrogen functional groups attached to an aromatic ring is 1. The highest BCUT2D eigenvalue weighted by Crippen LogP contribution is 2.26. The third-order valence-electron chi connectivity index (χ3n) is 2.81. The van der Waals surface area contributed by atoms with Gasteiger partial charge in [0.15, 0.2) is 11.6 Å². The Kier molecular flexibility index (Phi) is 2.72. The van der Waals surface area contributed by atoms with E-state index in [0.717, 1.165) is 22.7 Å². The first kappa shape index (κ1) is 11.4. The van der Waals surface area contributed by atoms with Gasteiger partial charge in [-0.2, -0.15) is 4.98 Å². The number of nitrogens with two attached hydrogens (primary N) is 1. The minimum atomic E-state index is -0.540. The number of rotatable bonds is 2. The van der Waals surface area contributed by atoms with Gasteiger partial charge in [-0.15, -0.1) is 0 Å². The van der Waals surface area contributed by atoms with Gasteiger partial charge < -0.3 is 11.1 Å². The van der Waals surface area contributed by atoms with Gasteiger partial charge in [-0.3, -0.25) is 0 Å². The lowest BCUT2D eigenvalue weighted by molar-refractivity contribution is 0.620. The largest absolute Gasteiger partial charge is 0.368 e. The summed E-state index contributed by atoms with van der Waals surface area (Å²) in [7, 11) is 0. The van der Waals surface area contributed by atoms with Crippen LogP contribution < -0.4 is 11.1 Å².